The van der Waals surface area contributed by atoms with Gasteiger partial charge in [0.2, 0.25) is 0 Å². The molecule has 0 aliphatic carbocycles. The van der Waals surface area contributed by atoms with Crippen LogP contribution in [0.2, 0.25) is 15.1 Å². The fourth-order valence-corrected chi connectivity index (χ4v) is 4.57. The van der Waals surface area contributed by atoms with E-state index < -0.39 is 5.82 Å². The Hall–Kier alpha value is -2.19. The summed E-state index contributed by atoms with van der Waals surface area (Å²) in [4.78, 5) is 17.3. The molecule has 0 amide bonds. The third kappa shape index (κ3) is 4.35. The molecule has 32 heavy (non-hydrogen) atoms. The second kappa shape index (κ2) is 9.35. The fourth-order valence-electron chi connectivity index (χ4n) is 3.96. The van der Waals surface area contributed by atoms with Gasteiger partial charge in [0.1, 0.15) is 16.6 Å². The van der Waals surface area contributed by atoms with Crippen molar-refractivity contribution in [2.75, 3.05) is 38.2 Å². The molecule has 2 aromatic carbocycles. The molecule has 0 atom stereocenters. The van der Waals surface area contributed by atoms with Gasteiger partial charge in [-0.05, 0) is 36.4 Å². The van der Waals surface area contributed by atoms with Crippen LogP contribution in [0.5, 0.6) is 5.75 Å². The highest BCUT2D eigenvalue weighted by atomic mass is 35.5. The third-order valence-corrected chi connectivity index (χ3v) is 6.60. The predicted octanol–water partition coefficient (Wildman–Crippen LogP) is 4.61. The van der Waals surface area contributed by atoms with Crippen molar-refractivity contribution >= 4 is 40.5 Å². The minimum atomic E-state index is -0.543. The summed E-state index contributed by atoms with van der Waals surface area (Å²) in [5.74, 6) is 0.238. The molecule has 1 aliphatic heterocycles. The lowest BCUT2D eigenvalue weighted by Gasteiger charge is -2.36. The predicted molar refractivity (Wildman–Crippen MR) is 126 cm³/mol. The molecule has 1 saturated heterocycles. The van der Waals surface area contributed by atoms with E-state index >= 15 is 0 Å². The van der Waals surface area contributed by atoms with Crippen molar-refractivity contribution in [3.8, 4) is 11.4 Å². The van der Waals surface area contributed by atoms with Crippen molar-refractivity contribution in [3.05, 3.63) is 73.3 Å². The Labute approximate surface area is 200 Å². The van der Waals surface area contributed by atoms with Crippen molar-refractivity contribution in [1.29, 1.82) is 0 Å². The minimum Gasteiger partial charge on any atom is -0.495 e. The molecule has 170 valence electrons. The number of methoxy groups -OCH3 is 1. The van der Waals surface area contributed by atoms with Gasteiger partial charge in [-0.25, -0.2) is 9.07 Å². The van der Waals surface area contributed by atoms with E-state index in [4.69, 9.17) is 39.5 Å². The number of anilines is 1. The molecule has 0 bridgehead atoms. The zero-order valence-corrected chi connectivity index (χ0v) is 19.9. The average Bonchev–Trinajstić information content (AvgIpc) is 2.99. The Bertz CT molecular complexity index is 1200. The van der Waals surface area contributed by atoms with E-state index in [-0.39, 0.29) is 15.6 Å². The maximum Gasteiger partial charge on any atom is 0.290 e. The molecule has 2 heterocycles. The summed E-state index contributed by atoms with van der Waals surface area (Å²) >= 11 is 18.5. The molecule has 1 aliphatic rings. The second-order valence-electron chi connectivity index (χ2n) is 7.58. The molecule has 0 spiro atoms. The number of rotatable bonds is 5. The van der Waals surface area contributed by atoms with E-state index in [0.29, 0.717) is 22.9 Å². The maximum absolute atomic E-state index is 13.6. The van der Waals surface area contributed by atoms with Gasteiger partial charge in [-0.1, -0.05) is 34.8 Å². The molecule has 6 nitrogen and oxygen atoms in total. The normalized spacial score (nSPS) is 14.8. The zero-order chi connectivity index (χ0) is 23.0. The van der Waals surface area contributed by atoms with Crippen molar-refractivity contribution in [3.63, 3.8) is 0 Å². The zero-order valence-electron chi connectivity index (χ0n) is 17.6. The van der Waals surface area contributed by atoms with Crippen LogP contribution >= 0.6 is 34.8 Å². The first-order valence-corrected chi connectivity index (χ1v) is 11.2. The SMILES string of the molecule is COc1ccc(Cl)cc1N1CCN(Cc2c(Cl)c(=O)n(-c3ccc(F)c(Cl)c3)n2C)CC1. The van der Waals surface area contributed by atoms with Crippen LogP contribution in [0.1, 0.15) is 5.69 Å². The van der Waals surface area contributed by atoms with Gasteiger partial charge in [0, 0.05) is 44.8 Å². The van der Waals surface area contributed by atoms with Crippen molar-refractivity contribution < 1.29 is 9.13 Å². The number of hydrogen-bond donors (Lipinski definition) is 0. The number of ether oxygens (including phenoxy) is 1. The summed E-state index contributed by atoms with van der Waals surface area (Å²) in [6.45, 7) is 3.60. The fraction of sp³-hybridized carbons (Fsp3) is 0.318. The van der Waals surface area contributed by atoms with E-state index in [9.17, 15) is 9.18 Å². The number of aromatic nitrogens is 2. The lowest BCUT2D eigenvalue weighted by molar-refractivity contribution is 0.242. The summed E-state index contributed by atoms with van der Waals surface area (Å²) in [5.41, 5.74) is 1.74. The Morgan fingerprint density at radius 1 is 1.03 bits per heavy atom. The number of nitrogens with zero attached hydrogens (tertiary/aromatic N) is 4. The third-order valence-electron chi connectivity index (χ3n) is 5.70. The van der Waals surface area contributed by atoms with Gasteiger partial charge in [0.05, 0.1) is 29.2 Å². The second-order valence-corrected chi connectivity index (χ2v) is 8.80. The van der Waals surface area contributed by atoms with Gasteiger partial charge in [0.25, 0.3) is 5.56 Å². The number of piperazine rings is 1. The summed E-state index contributed by atoms with van der Waals surface area (Å²) in [6.07, 6.45) is 0. The molecule has 10 heteroatoms. The number of hydrogen-bond acceptors (Lipinski definition) is 4. The largest absolute Gasteiger partial charge is 0.495 e. The van der Waals surface area contributed by atoms with Crippen LogP contribution in [0.4, 0.5) is 10.1 Å². The van der Waals surface area contributed by atoms with Crippen molar-refractivity contribution in [2.45, 2.75) is 6.54 Å². The number of halogens is 4. The lowest BCUT2D eigenvalue weighted by Crippen LogP contribution is -2.46. The van der Waals surface area contributed by atoms with Crippen LogP contribution in [-0.2, 0) is 13.6 Å². The first kappa shape index (κ1) is 23.0. The summed E-state index contributed by atoms with van der Waals surface area (Å²) in [7, 11) is 3.40. The monoisotopic (exact) mass is 498 g/mol. The van der Waals surface area contributed by atoms with Gasteiger partial charge >= 0.3 is 0 Å². The molecular weight excluding hydrogens is 478 g/mol. The molecule has 1 fully saturated rings. The molecule has 3 aromatic rings. The molecule has 4 rings (SSSR count). The molecule has 0 N–H and O–H groups in total. The van der Waals surface area contributed by atoms with Crippen molar-refractivity contribution in [2.24, 2.45) is 7.05 Å². The molecule has 1 aromatic heterocycles. The van der Waals surface area contributed by atoms with E-state index in [1.165, 1.54) is 22.9 Å². The van der Waals surface area contributed by atoms with E-state index in [0.717, 1.165) is 37.6 Å². The molecule has 0 saturated carbocycles. The minimum absolute atomic E-state index is 0.0548. The Balaban J connectivity index is 1.52. The topological polar surface area (TPSA) is 42.6 Å². The van der Waals surface area contributed by atoms with E-state index in [1.54, 1.807) is 18.8 Å². The first-order chi connectivity index (χ1) is 15.3. The summed E-state index contributed by atoms with van der Waals surface area (Å²) in [6, 6.07) is 9.72. The Morgan fingerprint density at radius 2 is 1.75 bits per heavy atom. The molecule has 0 unspecified atom stereocenters. The van der Waals surface area contributed by atoms with E-state index in [1.807, 2.05) is 18.2 Å². The van der Waals surface area contributed by atoms with Crippen LogP contribution in [0.15, 0.2) is 41.2 Å². The van der Waals surface area contributed by atoms with Crippen LogP contribution in [0, 0.1) is 5.82 Å². The summed E-state index contributed by atoms with van der Waals surface area (Å²) < 4.78 is 22.1. The van der Waals surface area contributed by atoms with Crippen LogP contribution in [-0.4, -0.2) is 47.6 Å². The Morgan fingerprint density at radius 3 is 2.41 bits per heavy atom. The quantitative estimate of drug-likeness (QED) is 0.514. The van der Waals surface area contributed by atoms with Crippen LogP contribution < -0.4 is 15.2 Å². The smallest absolute Gasteiger partial charge is 0.290 e. The molecule has 0 radical (unpaired) electrons. The highest BCUT2D eigenvalue weighted by molar-refractivity contribution is 6.31. The van der Waals surface area contributed by atoms with Gasteiger partial charge in [0.15, 0.2) is 0 Å². The average molecular weight is 500 g/mol. The highest BCUT2D eigenvalue weighted by Crippen LogP contribution is 2.32. The number of benzene rings is 2. The summed E-state index contributed by atoms with van der Waals surface area (Å²) in [5, 5.41) is 0.750. The van der Waals surface area contributed by atoms with Gasteiger partial charge in [-0.3, -0.25) is 14.4 Å². The highest BCUT2D eigenvalue weighted by Gasteiger charge is 2.24. The van der Waals surface area contributed by atoms with Crippen molar-refractivity contribution in [1.82, 2.24) is 14.3 Å². The van der Waals surface area contributed by atoms with Gasteiger partial charge < -0.3 is 9.64 Å². The Kier molecular flexibility index (Phi) is 6.72. The lowest BCUT2D eigenvalue weighted by atomic mass is 10.2. The van der Waals surface area contributed by atoms with Crippen LogP contribution in [0.25, 0.3) is 5.69 Å². The van der Waals surface area contributed by atoms with Crippen LogP contribution in [0.3, 0.4) is 0 Å². The van der Waals surface area contributed by atoms with Gasteiger partial charge in [-0.2, -0.15) is 0 Å². The standard InChI is InChI=1S/C22H22Cl3FN4O2/c1-27-19(21(25)22(31)30(27)15-4-5-17(26)16(24)12-15)13-28-7-9-29(10-8-28)18-11-14(23)3-6-20(18)32-2/h3-6,11-12H,7-10,13H2,1-2H3. The van der Waals surface area contributed by atoms with E-state index in [2.05, 4.69) is 9.80 Å². The van der Waals surface area contributed by atoms with Gasteiger partial charge in [-0.15, -0.1) is 0 Å². The maximum atomic E-state index is 13.6. The first-order valence-electron chi connectivity index (χ1n) is 10.0. The molecular formula is C22H22Cl3FN4O2.